The average Bonchev–Trinajstić information content (AvgIpc) is 3.16. The quantitative estimate of drug-likeness (QED) is 0.877. The van der Waals surface area contributed by atoms with Crippen molar-refractivity contribution in [3.05, 3.63) is 36.2 Å². The van der Waals surface area contributed by atoms with Gasteiger partial charge in [0.05, 0.1) is 36.8 Å². The summed E-state index contributed by atoms with van der Waals surface area (Å²) in [6.07, 6.45) is 8.49. The zero-order valence-corrected chi connectivity index (χ0v) is 12.0. The lowest BCUT2D eigenvalue weighted by molar-refractivity contribution is -0.134. The molecular formula is C14H19N5O2. The summed E-state index contributed by atoms with van der Waals surface area (Å²) in [5.41, 5.74) is 1.90. The molecule has 1 aliphatic heterocycles. The van der Waals surface area contributed by atoms with Gasteiger partial charge in [-0.05, 0) is 12.8 Å². The largest absolute Gasteiger partial charge is 0.373 e. The van der Waals surface area contributed by atoms with Crippen LogP contribution in [0.15, 0.2) is 24.9 Å². The van der Waals surface area contributed by atoms with Crippen LogP contribution in [0.5, 0.6) is 0 Å². The summed E-state index contributed by atoms with van der Waals surface area (Å²) in [6.45, 7) is 1.16. The lowest BCUT2D eigenvalue weighted by Gasteiger charge is -2.30. The summed E-state index contributed by atoms with van der Waals surface area (Å²) in [6, 6.07) is 0. The number of aromatic amines is 1. The van der Waals surface area contributed by atoms with Crippen LogP contribution in [0.25, 0.3) is 0 Å². The fourth-order valence-corrected chi connectivity index (χ4v) is 2.66. The van der Waals surface area contributed by atoms with Gasteiger partial charge in [0.25, 0.3) is 0 Å². The van der Waals surface area contributed by atoms with Crippen molar-refractivity contribution in [2.24, 2.45) is 13.0 Å². The molecular weight excluding hydrogens is 270 g/mol. The maximum absolute atomic E-state index is 12.5. The van der Waals surface area contributed by atoms with E-state index in [2.05, 4.69) is 20.5 Å². The second kappa shape index (κ2) is 6.09. The number of ether oxygens (including phenoxy) is 1. The number of nitrogens with zero attached hydrogens (tertiary/aromatic N) is 3. The number of amides is 1. The van der Waals surface area contributed by atoms with Crippen LogP contribution >= 0.6 is 0 Å². The standard InChI is InChI=1S/C14H19N5O2/c1-19-9-15-7-11(19)8-16-14(20)12-3-2-4-21-13(12)10-5-17-18-6-10/h5-7,9,12-13H,2-4,8H2,1H3,(H,16,20)(H,17,18)/t12-,13+/m1/s1. The number of H-pyrrole nitrogens is 1. The first kappa shape index (κ1) is 13.8. The molecule has 0 radical (unpaired) electrons. The molecule has 2 atom stereocenters. The van der Waals surface area contributed by atoms with E-state index >= 15 is 0 Å². The number of imidazole rings is 1. The van der Waals surface area contributed by atoms with E-state index in [0.717, 1.165) is 24.1 Å². The van der Waals surface area contributed by atoms with Crippen molar-refractivity contribution in [2.75, 3.05) is 6.61 Å². The summed E-state index contributed by atoms with van der Waals surface area (Å²) in [5, 5.41) is 9.69. The first-order valence-electron chi connectivity index (χ1n) is 7.09. The van der Waals surface area contributed by atoms with Gasteiger partial charge in [0.1, 0.15) is 0 Å². The molecule has 112 valence electrons. The molecule has 1 saturated heterocycles. The third-order valence-corrected chi connectivity index (χ3v) is 3.87. The summed E-state index contributed by atoms with van der Waals surface area (Å²) >= 11 is 0. The average molecular weight is 289 g/mol. The van der Waals surface area contributed by atoms with Crippen molar-refractivity contribution >= 4 is 5.91 Å². The summed E-state index contributed by atoms with van der Waals surface area (Å²) in [7, 11) is 1.91. The maximum atomic E-state index is 12.5. The van der Waals surface area contributed by atoms with Crippen LogP contribution in [0.1, 0.15) is 30.2 Å². The zero-order valence-electron chi connectivity index (χ0n) is 12.0. The monoisotopic (exact) mass is 289 g/mol. The molecule has 2 aromatic rings. The number of aryl methyl sites for hydroxylation is 1. The molecule has 0 saturated carbocycles. The number of carbonyl (C=O) groups excluding carboxylic acids is 1. The molecule has 0 bridgehead atoms. The third-order valence-electron chi connectivity index (χ3n) is 3.87. The molecule has 7 nitrogen and oxygen atoms in total. The molecule has 0 spiro atoms. The lowest BCUT2D eigenvalue weighted by atomic mass is 9.90. The van der Waals surface area contributed by atoms with Gasteiger partial charge in [0.2, 0.25) is 5.91 Å². The zero-order chi connectivity index (χ0) is 14.7. The summed E-state index contributed by atoms with van der Waals surface area (Å²) in [5.74, 6) is -0.160. The number of rotatable bonds is 4. The highest BCUT2D eigenvalue weighted by Crippen LogP contribution is 2.33. The predicted molar refractivity (Wildman–Crippen MR) is 75.1 cm³/mol. The topological polar surface area (TPSA) is 84.8 Å². The van der Waals surface area contributed by atoms with E-state index in [0.29, 0.717) is 13.2 Å². The van der Waals surface area contributed by atoms with E-state index < -0.39 is 0 Å². The molecule has 0 aliphatic carbocycles. The van der Waals surface area contributed by atoms with E-state index in [1.165, 1.54) is 0 Å². The number of hydrogen-bond donors (Lipinski definition) is 2. The van der Waals surface area contributed by atoms with Gasteiger partial charge in [-0.3, -0.25) is 9.89 Å². The van der Waals surface area contributed by atoms with E-state index in [1.807, 2.05) is 11.6 Å². The second-order valence-electron chi connectivity index (χ2n) is 5.29. The van der Waals surface area contributed by atoms with Crippen molar-refractivity contribution in [3.63, 3.8) is 0 Å². The molecule has 7 heteroatoms. The molecule has 21 heavy (non-hydrogen) atoms. The van der Waals surface area contributed by atoms with Crippen molar-refractivity contribution < 1.29 is 9.53 Å². The van der Waals surface area contributed by atoms with Crippen molar-refractivity contribution in [1.29, 1.82) is 0 Å². The van der Waals surface area contributed by atoms with E-state index in [1.54, 1.807) is 24.9 Å². The number of hydrogen-bond acceptors (Lipinski definition) is 4. The highest BCUT2D eigenvalue weighted by atomic mass is 16.5. The Labute approximate surface area is 122 Å². The fourth-order valence-electron chi connectivity index (χ4n) is 2.66. The van der Waals surface area contributed by atoms with Crippen LogP contribution in [0.3, 0.4) is 0 Å². The van der Waals surface area contributed by atoms with Gasteiger partial charge in [0.15, 0.2) is 0 Å². The van der Waals surface area contributed by atoms with Gasteiger partial charge in [0, 0.05) is 31.6 Å². The summed E-state index contributed by atoms with van der Waals surface area (Å²) < 4.78 is 7.67. The molecule has 0 unspecified atom stereocenters. The van der Waals surface area contributed by atoms with Gasteiger partial charge in [-0.25, -0.2) is 4.98 Å². The molecule has 2 N–H and O–H groups in total. The SMILES string of the molecule is Cn1cncc1CNC(=O)[C@@H]1CCCO[C@H]1c1cn[nH]c1. The lowest BCUT2D eigenvalue weighted by Crippen LogP contribution is -2.37. The Morgan fingerprint density at radius 1 is 1.57 bits per heavy atom. The van der Waals surface area contributed by atoms with Crippen LogP contribution in [0.4, 0.5) is 0 Å². The van der Waals surface area contributed by atoms with E-state index in [4.69, 9.17) is 4.74 Å². The Bertz CT molecular complexity index is 592. The molecule has 1 fully saturated rings. The number of carbonyl (C=O) groups is 1. The highest BCUT2D eigenvalue weighted by molar-refractivity contribution is 5.79. The fraction of sp³-hybridized carbons (Fsp3) is 0.500. The number of nitrogens with one attached hydrogen (secondary N) is 2. The van der Waals surface area contributed by atoms with E-state index in [-0.39, 0.29) is 17.9 Å². The van der Waals surface area contributed by atoms with Crippen molar-refractivity contribution in [2.45, 2.75) is 25.5 Å². The van der Waals surface area contributed by atoms with Crippen LogP contribution in [0.2, 0.25) is 0 Å². The molecule has 3 rings (SSSR count). The Morgan fingerprint density at radius 2 is 2.48 bits per heavy atom. The third kappa shape index (κ3) is 2.97. The number of aromatic nitrogens is 4. The Kier molecular flexibility index (Phi) is 4.01. The minimum Gasteiger partial charge on any atom is -0.373 e. The molecule has 3 heterocycles. The van der Waals surface area contributed by atoms with Gasteiger partial charge in [-0.15, -0.1) is 0 Å². The van der Waals surface area contributed by atoms with Crippen LogP contribution < -0.4 is 5.32 Å². The van der Waals surface area contributed by atoms with Gasteiger partial charge < -0.3 is 14.6 Å². The Morgan fingerprint density at radius 3 is 3.19 bits per heavy atom. The molecule has 1 aliphatic rings. The summed E-state index contributed by atoms with van der Waals surface area (Å²) in [4.78, 5) is 16.5. The first-order valence-corrected chi connectivity index (χ1v) is 7.09. The molecule has 2 aromatic heterocycles. The van der Waals surface area contributed by atoms with Crippen LogP contribution in [0, 0.1) is 5.92 Å². The van der Waals surface area contributed by atoms with Crippen molar-refractivity contribution in [3.8, 4) is 0 Å². The maximum Gasteiger partial charge on any atom is 0.226 e. The van der Waals surface area contributed by atoms with Gasteiger partial charge >= 0.3 is 0 Å². The van der Waals surface area contributed by atoms with Crippen LogP contribution in [-0.4, -0.2) is 32.3 Å². The predicted octanol–water partition coefficient (Wildman–Crippen LogP) is 0.927. The highest BCUT2D eigenvalue weighted by Gasteiger charge is 2.33. The van der Waals surface area contributed by atoms with E-state index in [9.17, 15) is 4.79 Å². The first-order chi connectivity index (χ1) is 10.3. The second-order valence-corrected chi connectivity index (χ2v) is 5.29. The Hall–Kier alpha value is -2.15. The Balaban J connectivity index is 1.65. The molecule has 1 amide bonds. The minimum absolute atomic E-state index is 0.0158. The minimum atomic E-state index is -0.218. The smallest absolute Gasteiger partial charge is 0.226 e. The normalized spacial score (nSPS) is 22.1. The van der Waals surface area contributed by atoms with Gasteiger partial charge in [-0.1, -0.05) is 0 Å². The van der Waals surface area contributed by atoms with Gasteiger partial charge in [-0.2, -0.15) is 5.10 Å². The van der Waals surface area contributed by atoms with Crippen molar-refractivity contribution in [1.82, 2.24) is 25.1 Å². The van der Waals surface area contributed by atoms with Crippen LogP contribution in [-0.2, 0) is 23.1 Å². The molecule has 0 aromatic carbocycles.